The lowest BCUT2D eigenvalue weighted by atomic mass is 10.2. The van der Waals surface area contributed by atoms with Crippen molar-refractivity contribution in [2.75, 3.05) is 12.4 Å². The number of halogens is 2. The number of benzene rings is 2. The van der Waals surface area contributed by atoms with Gasteiger partial charge in [-0.25, -0.2) is 4.39 Å². The zero-order valence-electron chi connectivity index (χ0n) is 10.3. The molecule has 0 spiro atoms. The summed E-state index contributed by atoms with van der Waals surface area (Å²) in [7, 11) is 1.54. The SMILES string of the molecule is COc1ccc(O)c(CNc2cc(Cl)ccc2F)c1. The molecule has 0 radical (unpaired) electrons. The van der Waals surface area contributed by atoms with Crippen LogP contribution in [0.5, 0.6) is 11.5 Å². The van der Waals surface area contributed by atoms with E-state index in [1.165, 1.54) is 24.3 Å². The summed E-state index contributed by atoms with van der Waals surface area (Å²) in [6, 6.07) is 9.13. The molecular weight excluding hydrogens is 269 g/mol. The molecule has 2 aromatic rings. The summed E-state index contributed by atoms with van der Waals surface area (Å²) in [5.41, 5.74) is 0.897. The van der Waals surface area contributed by atoms with Gasteiger partial charge in [0.05, 0.1) is 12.8 Å². The number of hydrogen-bond donors (Lipinski definition) is 2. The molecule has 0 aliphatic carbocycles. The third kappa shape index (κ3) is 3.29. The van der Waals surface area contributed by atoms with Gasteiger partial charge in [-0.15, -0.1) is 0 Å². The van der Waals surface area contributed by atoms with Crippen LogP contribution in [0, 0.1) is 5.82 Å². The van der Waals surface area contributed by atoms with Gasteiger partial charge in [-0.2, -0.15) is 0 Å². The van der Waals surface area contributed by atoms with E-state index in [9.17, 15) is 9.50 Å². The Morgan fingerprint density at radius 2 is 2.05 bits per heavy atom. The molecule has 0 atom stereocenters. The number of phenolic OH excluding ortho intramolecular Hbond substituents is 1. The number of rotatable bonds is 4. The molecule has 0 saturated heterocycles. The minimum absolute atomic E-state index is 0.121. The highest BCUT2D eigenvalue weighted by atomic mass is 35.5. The Labute approximate surface area is 115 Å². The summed E-state index contributed by atoms with van der Waals surface area (Å²) in [5.74, 6) is 0.351. The van der Waals surface area contributed by atoms with E-state index in [-0.39, 0.29) is 18.0 Å². The monoisotopic (exact) mass is 281 g/mol. The van der Waals surface area contributed by atoms with Gasteiger partial charge >= 0.3 is 0 Å². The zero-order chi connectivity index (χ0) is 13.8. The average molecular weight is 282 g/mol. The number of methoxy groups -OCH3 is 1. The Morgan fingerprint density at radius 3 is 2.79 bits per heavy atom. The summed E-state index contributed by atoms with van der Waals surface area (Å²) >= 11 is 5.80. The number of hydrogen-bond acceptors (Lipinski definition) is 3. The predicted octanol–water partition coefficient (Wildman–Crippen LogP) is 3.81. The minimum atomic E-state index is -0.396. The van der Waals surface area contributed by atoms with Gasteiger partial charge in [0.25, 0.3) is 0 Å². The van der Waals surface area contributed by atoms with Crippen LogP contribution in [0.2, 0.25) is 5.02 Å². The fraction of sp³-hybridized carbons (Fsp3) is 0.143. The molecule has 0 heterocycles. The first-order chi connectivity index (χ1) is 9.10. The van der Waals surface area contributed by atoms with Crippen molar-refractivity contribution in [1.82, 2.24) is 0 Å². The van der Waals surface area contributed by atoms with Gasteiger partial charge in [0, 0.05) is 17.1 Å². The third-order valence-electron chi connectivity index (χ3n) is 2.68. The normalized spacial score (nSPS) is 10.3. The van der Waals surface area contributed by atoms with Crippen molar-refractivity contribution in [3.8, 4) is 11.5 Å². The number of ether oxygens (including phenoxy) is 1. The van der Waals surface area contributed by atoms with Crippen molar-refractivity contribution in [2.45, 2.75) is 6.54 Å². The maximum absolute atomic E-state index is 13.5. The fourth-order valence-electron chi connectivity index (χ4n) is 1.65. The van der Waals surface area contributed by atoms with Gasteiger partial charge in [0.1, 0.15) is 17.3 Å². The summed E-state index contributed by atoms with van der Waals surface area (Å²) in [5, 5.41) is 13.0. The van der Waals surface area contributed by atoms with Crippen LogP contribution in [0.4, 0.5) is 10.1 Å². The molecule has 0 unspecified atom stereocenters. The highest BCUT2D eigenvalue weighted by Crippen LogP contribution is 2.25. The molecule has 0 bridgehead atoms. The fourth-order valence-corrected chi connectivity index (χ4v) is 1.83. The zero-order valence-corrected chi connectivity index (χ0v) is 11.0. The van der Waals surface area contributed by atoms with E-state index in [2.05, 4.69) is 5.32 Å². The molecule has 2 rings (SSSR count). The van der Waals surface area contributed by atoms with Crippen molar-refractivity contribution in [3.05, 3.63) is 52.8 Å². The van der Waals surface area contributed by atoms with Crippen molar-refractivity contribution < 1.29 is 14.2 Å². The van der Waals surface area contributed by atoms with Crippen molar-refractivity contribution in [1.29, 1.82) is 0 Å². The molecule has 0 aliphatic rings. The van der Waals surface area contributed by atoms with E-state index in [4.69, 9.17) is 16.3 Å². The number of phenols is 1. The smallest absolute Gasteiger partial charge is 0.146 e. The van der Waals surface area contributed by atoms with Gasteiger partial charge in [0.2, 0.25) is 0 Å². The molecule has 100 valence electrons. The Bertz CT molecular complexity index is 590. The minimum Gasteiger partial charge on any atom is -0.508 e. The Balaban J connectivity index is 2.16. The van der Waals surface area contributed by atoms with Gasteiger partial charge < -0.3 is 15.2 Å². The van der Waals surface area contributed by atoms with E-state index >= 15 is 0 Å². The Hall–Kier alpha value is -1.94. The predicted molar refractivity (Wildman–Crippen MR) is 73.4 cm³/mol. The largest absolute Gasteiger partial charge is 0.508 e. The van der Waals surface area contributed by atoms with Crippen molar-refractivity contribution >= 4 is 17.3 Å². The van der Waals surface area contributed by atoms with Gasteiger partial charge in [-0.1, -0.05) is 11.6 Å². The summed E-state index contributed by atoms with van der Waals surface area (Å²) < 4.78 is 18.6. The second kappa shape index (κ2) is 5.80. The molecule has 5 heteroatoms. The first-order valence-electron chi connectivity index (χ1n) is 5.65. The van der Waals surface area contributed by atoms with E-state index < -0.39 is 5.82 Å². The lowest BCUT2D eigenvalue weighted by Crippen LogP contribution is -2.02. The Kier molecular flexibility index (Phi) is 4.12. The van der Waals surface area contributed by atoms with Gasteiger partial charge in [-0.05, 0) is 36.4 Å². The van der Waals surface area contributed by atoms with Crippen LogP contribution in [0.25, 0.3) is 0 Å². The quantitative estimate of drug-likeness (QED) is 0.895. The lowest BCUT2D eigenvalue weighted by Gasteiger charge is -2.10. The van der Waals surface area contributed by atoms with Crippen LogP contribution >= 0.6 is 11.6 Å². The van der Waals surface area contributed by atoms with Gasteiger partial charge in [-0.3, -0.25) is 0 Å². The molecule has 0 amide bonds. The summed E-state index contributed by atoms with van der Waals surface area (Å²) in [6.07, 6.45) is 0. The lowest BCUT2D eigenvalue weighted by molar-refractivity contribution is 0.411. The van der Waals surface area contributed by atoms with E-state index in [1.54, 1.807) is 19.2 Å². The number of anilines is 1. The maximum atomic E-state index is 13.5. The second-order valence-corrected chi connectivity index (χ2v) is 4.41. The highest BCUT2D eigenvalue weighted by molar-refractivity contribution is 6.30. The molecule has 0 aliphatic heterocycles. The topological polar surface area (TPSA) is 41.5 Å². The number of aromatic hydroxyl groups is 1. The molecule has 2 aromatic carbocycles. The molecular formula is C14H13ClFNO2. The van der Waals surface area contributed by atoms with E-state index in [0.29, 0.717) is 16.3 Å². The summed E-state index contributed by atoms with van der Waals surface area (Å²) in [6.45, 7) is 0.264. The van der Waals surface area contributed by atoms with Crippen LogP contribution in [0.1, 0.15) is 5.56 Å². The molecule has 2 N–H and O–H groups in total. The molecule has 3 nitrogen and oxygen atoms in total. The highest BCUT2D eigenvalue weighted by Gasteiger charge is 2.06. The maximum Gasteiger partial charge on any atom is 0.146 e. The Morgan fingerprint density at radius 1 is 1.26 bits per heavy atom. The first kappa shape index (κ1) is 13.5. The first-order valence-corrected chi connectivity index (χ1v) is 6.03. The van der Waals surface area contributed by atoms with E-state index in [1.807, 2.05) is 0 Å². The second-order valence-electron chi connectivity index (χ2n) is 3.97. The van der Waals surface area contributed by atoms with Crippen molar-refractivity contribution in [3.63, 3.8) is 0 Å². The van der Waals surface area contributed by atoms with Crippen molar-refractivity contribution in [2.24, 2.45) is 0 Å². The van der Waals surface area contributed by atoms with Gasteiger partial charge in [0.15, 0.2) is 0 Å². The standard InChI is InChI=1S/C14H13ClFNO2/c1-19-11-3-5-14(18)9(6-11)8-17-13-7-10(15)2-4-12(13)16/h2-7,17-18H,8H2,1H3. The van der Waals surface area contributed by atoms with E-state index in [0.717, 1.165) is 0 Å². The molecule has 0 aromatic heterocycles. The third-order valence-corrected chi connectivity index (χ3v) is 2.92. The molecule has 0 saturated carbocycles. The molecule has 19 heavy (non-hydrogen) atoms. The van der Waals surface area contributed by atoms with Crippen LogP contribution in [-0.2, 0) is 6.54 Å². The average Bonchev–Trinajstić information content (AvgIpc) is 2.41. The van der Waals surface area contributed by atoms with Crippen LogP contribution in [-0.4, -0.2) is 12.2 Å². The number of nitrogens with one attached hydrogen (secondary N) is 1. The van der Waals surface area contributed by atoms with Crippen LogP contribution in [0.3, 0.4) is 0 Å². The van der Waals surface area contributed by atoms with Crippen LogP contribution in [0.15, 0.2) is 36.4 Å². The summed E-state index contributed by atoms with van der Waals surface area (Å²) in [4.78, 5) is 0. The molecule has 0 fully saturated rings. The van der Waals surface area contributed by atoms with Crippen LogP contribution < -0.4 is 10.1 Å².